The fraction of sp³-hybridized carbons (Fsp3) is 0. The third-order valence-electron chi connectivity index (χ3n) is 1.70. The molecule has 2 aromatic heterocycles. The fourth-order valence-corrected chi connectivity index (χ4v) is 1.18. The molecule has 5 N–H and O–H groups in total. The summed E-state index contributed by atoms with van der Waals surface area (Å²) in [4.78, 5) is 21.6. The highest BCUT2D eigenvalue weighted by molar-refractivity contribution is 6.08. The molecular weight excluding hydrogens is 170 g/mol. The van der Waals surface area contributed by atoms with Gasteiger partial charge in [0, 0.05) is 12.4 Å². The number of hydrogen-bond acceptors (Lipinski definition) is 4. The number of nitrogens with zero attached hydrogens (tertiary/aromatic N) is 2. The van der Waals surface area contributed by atoms with Crippen LogP contribution in [0.4, 0.5) is 5.82 Å². The van der Waals surface area contributed by atoms with E-state index in [2.05, 4.69) is 15.0 Å². The number of H-pyrrole nitrogens is 1. The van der Waals surface area contributed by atoms with Gasteiger partial charge in [-0.1, -0.05) is 0 Å². The van der Waals surface area contributed by atoms with Gasteiger partial charge in [0.05, 0.1) is 0 Å². The number of aromatic nitrogens is 3. The van der Waals surface area contributed by atoms with Gasteiger partial charge in [-0.05, 0) is 0 Å². The normalized spacial score (nSPS) is 10.5. The van der Waals surface area contributed by atoms with E-state index < -0.39 is 5.91 Å². The van der Waals surface area contributed by atoms with Gasteiger partial charge in [0.1, 0.15) is 16.9 Å². The van der Waals surface area contributed by atoms with Crippen molar-refractivity contribution in [1.82, 2.24) is 15.0 Å². The minimum atomic E-state index is -0.607. The van der Waals surface area contributed by atoms with Crippen LogP contribution in [0.1, 0.15) is 10.4 Å². The van der Waals surface area contributed by atoms with E-state index in [-0.39, 0.29) is 11.4 Å². The Bertz CT molecular complexity index is 475. The molecule has 1 amide bonds. The van der Waals surface area contributed by atoms with Crippen LogP contribution < -0.4 is 11.5 Å². The van der Waals surface area contributed by atoms with Crippen LogP contribution in [0.5, 0.6) is 0 Å². The molecule has 0 spiro atoms. The van der Waals surface area contributed by atoms with E-state index in [0.717, 1.165) is 0 Å². The van der Waals surface area contributed by atoms with Crippen LogP contribution in [-0.2, 0) is 0 Å². The van der Waals surface area contributed by atoms with Crippen molar-refractivity contribution in [2.75, 3.05) is 5.73 Å². The summed E-state index contributed by atoms with van der Waals surface area (Å²) in [5.74, 6) is -0.405. The van der Waals surface area contributed by atoms with Crippen LogP contribution in [-0.4, -0.2) is 20.9 Å². The molecule has 0 saturated heterocycles. The molecule has 0 saturated carbocycles. The van der Waals surface area contributed by atoms with Crippen LogP contribution in [0.3, 0.4) is 0 Å². The first-order chi connectivity index (χ1) is 6.20. The number of nitrogens with two attached hydrogens (primary N) is 2. The highest BCUT2D eigenvalue weighted by Gasteiger charge is 2.15. The van der Waals surface area contributed by atoms with E-state index in [1.54, 1.807) is 0 Å². The maximum atomic E-state index is 11.0. The van der Waals surface area contributed by atoms with Crippen molar-refractivity contribution in [3.63, 3.8) is 0 Å². The number of fused-ring (bicyclic) bond motifs is 1. The minimum absolute atomic E-state index is 0.197. The zero-order chi connectivity index (χ0) is 9.42. The van der Waals surface area contributed by atoms with Crippen molar-refractivity contribution in [3.8, 4) is 0 Å². The van der Waals surface area contributed by atoms with Gasteiger partial charge in [0.15, 0.2) is 5.65 Å². The van der Waals surface area contributed by atoms with E-state index in [1.165, 1.54) is 12.4 Å². The van der Waals surface area contributed by atoms with Gasteiger partial charge in [-0.25, -0.2) is 4.98 Å². The molecular formula is C7H7N5O. The number of hydrogen-bond donors (Lipinski definition) is 3. The lowest BCUT2D eigenvalue weighted by Gasteiger charge is -1.91. The van der Waals surface area contributed by atoms with Crippen molar-refractivity contribution in [2.24, 2.45) is 5.73 Å². The highest BCUT2D eigenvalue weighted by Crippen LogP contribution is 2.18. The van der Waals surface area contributed by atoms with Crippen LogP contribution in [0.15, 0.2) is 12.4 Å². The van der Waals surface area contributed by atoms with Gasteiger partial charge >= 0.3 is 0 Å². The topological polar surface area (TPSA) is 111 Å². The summed E-state index contributed by atoms with van der Waals surface area (Å²) in [6, 6.07) is 0. The van der Waals surface area contributed by atoms with Crippen LogP contribution in [0, 0.1) is 0 Å². The smallest absolute Gasteiger partial charge is 0.254 e. The summed E-state index contributed by atoms with van der Waals surface area (Å²) in [7, 11) is 0. The van der Waals surface area contributed by atoms with E-state index in [4.69, 9.17) is 11.5 Å². The number of nitrogens with one attached hydrogen (secondary N) is 1. The second-order valence-corrected chi connectivity index (χ2v) is 2.53. The molecule has 2 aromatic rings. The SMILES string of the molecule is NC(=O)c1c(N)[nH]c2nccnc12. The molecule has 0 aromatic carbocycles. The highest BCUT2D eigenvalue weighted by atomic mass is 16.1. The van der Waals surface area contributed by atoms with Gasteiger partial charge < -0.3 is 16.5 Å². The summed E-state index contributed by atoms with van der Waals surface area (Å²) in [5.41, 5.74) is 11.7. The minimum Gasteiger partial charge on any atom is -0.384 e. The maximum absolute atomic E-state index is 11.0. The molecule has 0 aliphatic rings. The van der Waals surface area contributed by atoms with Gasteiger partial charge in [0.2, 0.25) is 0 Å². The average molecular weight is 177 g/mol. The molecule has 0 radical (unpaired) electrons. The quantitative estimate of drug-likeness (QED) is 0.552. The Morgan fingerprint density at radius 1 is 1.38 bits per heavy atom. The van der Waals surface area contributed by atoms with Crippen molar-refractivity contribution in [2.45, 2.75) is 0 Å². The number of amides is 1. The zero-order valence-electron chi connectivity index (χ0n) is 6.61. The number of carbonyl (C=O) groups is 1. The van der Waals surface area contributed by atoms with Crippen molar-refractivity contribution < 1.29 is 4.79 Å². The number of nitrogen functional groups attached to an aromatic ring is 1. The number of rotatable bonds is 1. The first-order valence-electron chi connectivity index (χ1n) is 3.58. The summed E-state index contributed by atoms with van der Waals surface area (Å²) >= 11 is 0. The second-order valence-electron chi connectivity index (χ2n) is 2.53. The van der Waals surface area contributed by atoms with E-state index in [0.29, 0.717) is 11.2 Å². The van der Waals surface area contributed by atoms with E-state index in [9.17, 15) is 4.79 Å². The number of anilines is 1. The van der Waals surface area contributed by atoms with Crippen LogP contribution in [0.2, 0.25) is 0 Å². The Morgan fingerprint density at radius 3 is 2.77 bits per heavy atom. The molecule has 2 rings (SSSR count). The lowest BCUT2D eigenvalue weighted by atomic mass is 10.3. The van der Waals surface area contributed by atoms with E-state index >= 15 is 0 Å². The lowest BCUT2D eigenvalue weighted by Crippen LogP contribution is -2.12. The molecule has 0 aliphatic carbocycles. The number of aromatic amines is 1. The van der Waals surface area contributed by atoms with Crippen LogP contribution in [0.25, 0.3) is 11.2 Å². The summed E-state index contributed by atoms with van der Waals surface area (Å²) in [6.45, 7) is 0. The fourth-order valence-electron chi connectivity index (χ4n) is 1.18. The largest absolute Gasteiger partial charge is 0.384 e. The Labute approximate surface area is 73.0 Å². The van der Waals surface area contributed by atoms with E-state index in [1.807, 2.05) is 0 Å². The first-order valence-corrected chi connectivity index (χ1v) is 3.58. The Kier molecular flexibility index (Phi) is 1.42. The second kappa shape index (κ2) is 2.44. The monoisotopic (exact) mass is 177 g/mol. The summed E-state index contributed by atoms with van der Waals surface area (Å²) in [5, 5.41) is 0. The Morgan fingerprint density at radius 2 is 2.08 bits per heavy atom. The van der Waals surface area contributed by atoms with Gasteiger partial charge in [-0.2, -0.15) is 0 Å². The lowest BCUT2D eigenvalue weighted by molar-refractivity contribution is 0.100. The average Bonchev–Trinajstić information content (AvgIpc) is 2.39. The third-order valence-corrected chi connectivity index (χ3v) is 1.70. The Balaban J connectivity index is 2.86. The molecule has 66 valence electrons. The molecule has 6 nitrogen and oxygen atoms in total. The molecule has 0 unspecified atom stereocenters. The predicted molar refractivity (Wildman–Crippen MR) is 46.8 cm³/mol. The van der Waals surface area contributed by atoms with Gasteiger partial charge in [-0.3, -0.25) is 9.78 Å². The molecule has 0 bridgehead atoms. The van der Waals surface area contributed by atoms with Crippen molar-refractivity contribution >= 4 is 22.9 Å². The molecule has 13 heavy (non-hydrogen) atoms. The number of primary amides is 1. The number of carbonyl (C=O) groups excluding carboxylic acids is 1. The molecule has 0 fully saturated rings. The first kappa shape index (κ1) is 7.53. The molecule has 6 heteroatoms. The predicted octanol–water partition coefficient (Wildman–Crippen LogP) is -0.361. The maximum Gasteiger partial charge on any atom is 0.254 e. The van der Waals surface area contributed by atoms with Gasteiger partial charge in [0.25, 0.3) is 5.91 Å². The molecule has 0 atom stereocenters. The van der Waals surface area contributed by atoms with Crippen LogP contribution >= 0.6 is 0 Å². The van der Waals surface area contributed by atoms with Crippen molar-refractivity contribution in [3.05, 3.63) is 18.0 Å². The molecule has 2 heterocycles. The van der Waals surface area contributed by atoms with Gasteiger partial charge in [-0.15, -0.1) is 0 Å². The van der Waals surface area contributed by atoms with Crippen molar-refractivity contribution in [1.29, 1.82) is 0 Å². The third kappa shape index (κ3) is 0.994. The Hall–Kier alpha value is -2.11. The zero-order valence-corrected chi connectivity index (χ0v) is 6.61. The molecule has 0 aliphatic heterocycles. The summed E-state index contributed by atoms with van der Waals surface area (Å²) < 4.78 is 0. The standard InChI is InChI=1S/C7H7N5O/c8-5-3(6(9)13)4-7(12-5)11-2-1-10-4/h1-2H,8H2,(H2,9,13)(H,11,12). The summed E-state index contributed by atoms with van der Waals surface area (Å²) in [6.07, 6.45) is 2.98.